The van der Waals surface area contributed by atoms with Crippen molar-refractivity contribution in [3.8, 4) is 0 Å². The van der Waals surface area contributed by atoms with E-state index in [1.165, 1.54) is 10.4 Å². The topological polar surface area (TPSA) is 24.9 Å². The lowest BCUT2D eigenvalue weighted by atomic mass is 10.2. The van der Waals surface area contributed by atoms with E-state index in [4.69, 9.17) is 0 Å². The second-order valence-corrected chi connectivity index (χ2v) is 5.42. The van der Waals surface area contributed by atoms with Gasteiger partial charge in [-0.1, -0.05) is 19.1 Å². The van der Waals surface area contributed by atoms with Crippen LogP contribution in [0.2, 0.25) is 0 Å². The van der Waals surface area contributed by atoms with Crippen molar-refractivity contribution in [1.29, 1.82) is 0 Å². The van der Waals surface area contributed by atoms with Crippen molar-refractivity contribution in [2.24, 2.45) is 0 Å². The number of anilines is 1. The molecule has 0 aliphatic heterocycles. The van der Waals surface area contributed by atoms with Crippen molar-refractivity contribution in [2.45, 2.75) is 19.4 Å². The van der Waals surface area contributed by atoms with Crippen molar-refractivity contribution >= 4 is 39.2 Å². The molecule has 0 radical (unpaired) electrons. The lowest BCUT2D eigenvalue weighted by Gasteiger charge is -2.15. The van der Waals surface area contributed by atoms with Gasteiger partial charge in [0.1, 0.15) is 5.00 Å². The Labute approximate surface area is 105 Å². The number of thioether (sulfide) groups is 1. The molecule has 1 atom stereocenters. The Morgan fingerprint density at radius 1 is 1.44 bits per heavy atom. The third-order valence-corrected chi connectivity index (χ3v) is 4.12. The molecule has 1 N–H and O–H groups in total. The minimum absolute atomic E-state index is 0.541. The molecule has 2 nitrogen and oxygen atoms in total. The molecule has 1 heterocycles. The maximum Gasteiger partial charge on any atom is 0.117 e. The zero-order chi connectivity index (χ0) is 11.4. The summed E-state index contributed by atoms with van der Waals surface area (Å²) in [6, 6.07) is 8.83. The number of benzene rings is 1. The van der Waals surface area contributed by atoms with Crippen molar-refractivity contribution < 1.29 is 0 Å². The standard InChI is InChI=1S/C12H16N2S2/c1-3-9(8-15-2)13-12-10-6-4-5-7-11(10)14-16-12/h4-7,9,13H,3,8H2,1-2H3. The van der Waals surface area contributed by atoms with Gasteiger partial charge in [-0.2, -0.15) is 16.1 Å². The molecule has 4 heteroatoms. The number of fused-ring (bicyclic) bond motifs is 1. The minimum Gasteiger partial charge on any atom is -0.372 e. The number of hydrogen-bond acceptors (Lipinski definition) is 4. The van der Waals surface area contributed by atoms with Gasteiger partial charge in [-0.05, 0) is 36.3 Å². The quantitative estimate of drug-likeness (QED) is 0.875. The van der Waals surface area contributed by atoms with Crippen molar-refractivity contribution in [3.63, 3.8) is 0 Å². The first-order valence-corrected chi connectivity index (χ1v) is 7.61. The monoisotopic (exact) mass is 252 g/mol. The lowest BCUT2D eigenvalue weighted by Crippen LogP contribution is -2.20. The first kappa shape index (κ1) is 11.7. The summed E-state index contributed by atoms with van der Waals surface area (Å²) in [5, 5.41) is 6.04. The second kappa shape index (κ2) is 5.55. The highest BCUT2D eigenvalue weighted by Crippen LogP contribution is 2.28. The molecule has 1 unspecified atom stereocenters. The molecule has 1 aromatic carbocycles. The maximum absolute atomic E-state index is 4.44. The largest absolute Gasteiger partial charge is 0.372 e. The van der Waals surface area contributed by atoms with Gasteiger partial charge in [0.05, 0.1) is 5.52 Å². The van der Waals surface area contributed by atoms with Crippen LogP contribution >= 0.6 is 23.3 Å². The Bertz CT molecular complexity index is 453. The first-order chi connectivity index (χ1) is 7.85. The summed E-state index contributed by atoms with van der Waals surface area (Å²) in [5.41, 5.74) is 1.09. The van der Waals surface area contributed by atoms with Crippen LogP contribution in [0.1, 0.15) is 13.3 Å². The molecule has 0 amide bonds. The van der Waals surface area contributed by atoms with Gasteiger partial charge in [0.15, 0.2) is 0 Å². The first-order valence-electron chi connectivity index (χ1n) is 5.45. The third kappa shape index (κ3) is 2.50. The fraction of sp³-hybridized carbons (Fsp3) is 0.417. The van der Waals surface area contributed by atoms with Gasteiger partial charge in [0.25, 0.3) is 0 Å². The number of nitrogens with one attached hydrogen (secondary N) is 1. The van der Waals surface area contributed by atoms with Crippen LogP contribution in [0.5, 0.6) is 0 Å². The normalized spacial score (nSPS) is 12.9. The highest BCUT2D eigenvalue weighted by molar-refractivity contribution is 7.98. The van der Waals surface area contributed by atoms with Crippen LogP contribution in [0, 0.1) is 0 Å². The third-order valence-electron chi connectivity index (χ3n) is 2.58. The SMILES string of the molecule is CCC(CSC)Nc1snc2ccccc12. The Hall–Kier alpha value is -0.740. The van der Waals surface area contributed by atoms with Gasteiger partial charge >= 0.3 is 0 Å². The van der Waals surface area contributed by atoms with Crippen LogP contribution in [-0.2, 0) is 0 Å². The Morgan fingerprint density at radius 3 is 3.00 bits per heavy atom. The van der Waals surface area contributed by atoms with Crippen LogP contribution in [0.15, 0.2) is 24.3 Å². The Morgan fingerprint density at radius 2 is 2.25 bits per heavy atom. The summed E-state index contributed by atoms with van der Waals surface area (Å²) in [4.78, 5) is 0. The number of aromatic nitrogens is 1. The van der Waals surface area contributed by atoms with E-state index in [0.29, 0.717) is 6.04 Å². The van der Waals surface area contributed by atoms with Gasteiger partial charge in [-0.15, -0.1) is 0 Å². The van der Waals surface area contributed by atoms with E-state index in [0.717, 1.165) is 17.7 Å². The van der Waals surface area contributed by atoms with Gasteiger partial charge in [0.2, 0.25) is 0 Å². The van der Waals surface area contributed by atoms with Crippen LogP contribution in [-0.4, -0.2) is 22.4 Å². The summed E-state index contributed by atoms with van der Waals surface area (Å²) in [5.74, 6) is 1.14. The lowest BCUT2D eigenvalue weighted by molar-refractivity contribution is 0.778. The molecule has 0 spiro atoms. The fourth-order valence-corrected chi connectivity index (χ4v) is 3.20. The zero-order valence-electron chi connectivity index (χ0n) is 9.56. The smallest absolute Gasteiger partial charge is 0.117 e. The van der Waals surface area contributed by atoms with Gasteiger partial charge in [-0.25, -0.2) is 0 Å². The molecule has 0 saturated carbocycles. The van der Waals surface area contributed by atoms with E-state index in [1.54, 1.807) is 11.5 Å². The molecule has 0 bridgehead atoms. The van der Waals surface area contributed by atoms with E-state index in [9.17, 15) is 0 Å². The van der Waals surface area contributed by atoms with Crippen molar-refractivity contribution in [3.05, 3.63) is 24.3 Å². The van der Waals surface area contributed by atoms with Gasteiger partial charge in [0, 0.05) is 17.2 Å². The van der Waals surface area contributed by atoms with Crippen molar-refractivity contribution in [2.75, 3.05) is 17.3 Å². The van der Waals surface area contributed by atoms with E-state index in [1.807, 2.05) is 17.8 Å². The molecule has 16 heavy (non-hydrogen) atoms. The van der Waals surface area contributed by atoms with Gasteiger partial charge < -0.3 is 5.32 Å². The molecular formula is C12H16N2S2. The molecule has 86 valence electrons. The predicted octanol–water partition coefficient (Wildman–Crippen LogP) is 3.85. The minimum atomic E-state index is 0.541. The highest BCUT2D eigenvalue weighted by atomic mass is 32.2. The predicted molar refractivity (Wildman–Crippen MR) is 75.7 cm³/mol. The molecule has 0 aliphatic carbocycles. The Kier molecular flexibility index (Phi) is 4.07. The van der Waals surface area contributed by atoms with E-state index in [-0.39, 0.29) is 0 Å². The summed E-state index contributed by atoms with van der Waals surface area (Å²) < 4.78 is 4.44. The van der Waals surface area contributed by atoms with Crippen LogP contribution < -0.4 is 5.32 Å². The average molecular weight is 252 g/mol. The molecule has 2 rings (SSSR count). The number of hydrogen-bond donors (Lipinski definition) is 1. The number of rotatable bonds is 5. The van der Waals surface area contributed by atoms with Crippen LogP contribution in [0.3, 0.4) is 0 Å². The fourth-order valence-electron chi connectivity index (χ4n) is 1.64. The van der Waals surface area contributed by atoms with Gasteiger partial charge in [-0.3, -0.25) is 0 Å². The molecule has 1 aromatic heterocycles. The van der Waals surface area contributed by atoms with Crippen molar-refractivity contribution in [1.82, 2.24) is 4.37 Å². The molecule has 0 fully saturated rings. The summed E-state index contributed by atoms with van der Waals surface area (Å²) >= 11 is 3.45. The van der Waals surface area contributed by atoms with E-state index < -0.39 is 0 Å². The van der Waals surface area contributed by atoms with Crippen LogP contribution in [0.25, 0.3) is 10.9 Å². The van der Waals surface area contributed by atoms with E-state index >= 15 is 0 Å². The Balaban J connectivity index is 2.20. The van der Waals surface area contributed by atoms with E-state index in [2.05, 4.69) is 41.1 Å². The highest BCUT2D eigenvalue weighted by Gasteiger charge is 2.09. The number of nitrogens with zero attached hydrogens (tertiary/aromatic N) is 1. The summed E-state index contributed by atoms with van der Waals surface area (Å²) in [6.45, 7) is 2.22. The molecule has 0 aliphatic rings. The molecule has 2 aromatic rings. The summed E-state index contributed by atoms with van der Waals surface area (Å²) in [7, 11) is 0. The maximum atomic E-state index is 4.44. The van der Waals surface area contributed by atoms with Crippen LogP contribution in [0.4, 0.5) is 5.00 Å². The zero-order valence-corrected chi connectivity index (χ0v) is 11.2. The summed E-state index contributed by atoms with van der Waals surface area (Å²) in [6.07, 6.45) is 3.29. The average Bonchev–Trinajstić information content (AvgIpc) is 2.72. The molecule has 0 saturated heterocycles. The molecular weight excluding hydrogens is 236 g/mol. The second-order valence-electron chi connectivity index (χ2n) is 3.73.